The van der Waals surface area contributed by atoms with Crippen LogP contribution in [0.25, 0.3) is 0 Å². The van der Waals surface area contributed by atoms with Crippen molar-refractivity contribution in [1.29, 1.82) is 0 Å². The summed E-state index contributed by atoms with van der Waals surface area (Å²) in [6.45, 7) is 1.60. The van der Waals surface area contributed by atoms with E-state index in [4.69, 9.17) is 5.11 Å². The van der Waals surface area contributed by atoms with E-state index in [0.29, 0.717) is 0 Å². The highest BCUT2D eigenvalue weighted by Gasteiger charge is 2.27. The van der Waals surface area contributed by atoms with E-state index in [9.17, 15) is 4.79 Å². The molecule has 1 atom stereocenters. The fourth-order valence-electron chi connectivity index (χ4n) is 0.722. The van der Waals surface area contributed by atoms with Crippen molar-refractivity contribution >= 4 is 12.2 Å². The molecule has 0 aliphatic carbocycles. The molecule has 1 heterocycles. The Kier molecular flexibility index (Phi) is 1.89. The Bertz CT molecular complexity index is 235. The maximum Gasteiger partial charge on any atom is 0.318 e. The first-order valence-corrected chi connectivity index (χ1v) is 3.27. The van der Waals surface area contributed by atoms with Crippen LogP contribution in [0.2, 0.25) is 0 Å². The summed E-state index contributed by atoms with van der Waals surface area (Å²) in [5, 5.41) is 8.75. The van der Waals surface area contributed by atoms with Gasteiger partial charge in [0.05, 0.1) is 0 Å². The summed E-state index contributed by atoms with van der Waals surface area (Å²) in [6, 6.07) is 0. The molecule has 58 valence electrons. The maximum atomic E-state index is 10.7. The molecule has 0 bridgehead atoms. The van der Waals surface area contributed by atoms with Gasteiger partial charge in [0.2, 0.25) is 0 Å². The highest BCUT2D eigenvalue weighted by Crippen LogP contribution is 2.17. The number of nitrogens with zero attached hydrogens (tertiary/aromatic N) is 1. The highest BCUT2D eigenvalue weighted by molar-refractivity contribution is 5.96. The topological polar surface area (TPSA) is 49.7 Å². The molecule has 1 N–H and O–H groups in total. The van der Waals surface area contributed by atoms with Gasteiger partial charge in [-0.3, -0.25) is 9.79 Å². The van der Waals surface area contributed by atoms with Gasteiger partial charge in [0, 0.05) is 12.4 Å². The summed E-state index contributed by atoms with van der Waals surface area (Å²) in [5.74, 6) is -0.888. The zero-order valence-corrected chi connectivity index (χ0v) is 6.19. The molecule has 3 nitrogen and oxygen atoms in total. The van der Waals surface area contributed by atoms with Crippen LogP contribution >= 0.6 is 0 Å². The monoisotopic (exact) mass is 151 g/mol. The molecule has 0 radical (unpaired) electrons. The molecule has 0 fully saturated rings. The predicted octanol–water partition coefficient (Wildman–Crippen LogP) is 1.23. The summed E-state index contributed by atoms with van der Waals surface area (Å²) < 4.78 is 0. The fourth-order valence-corrected chi connectivity index (χ4v) is 0.722. The minimum Gasteiger partial charge on any atom is -0.480 e. The summed E-state index contributed by atoms with van der Waals surface area (Å²) in [6.07, 6.45) is 7.95. The van der Waals surface area contributed by atoms with E-state index in [1.807, 2.05) is 0 Å². The van der Waals surface area contributed by atoms with Crippen molar-refractivity contribution in [3.05, 3.63) is 24.4 Å². The molecule has 1 aliphatic heterocycles. The van der Waals surface area contributed by atoms with Crippen molar-refractivity contribution in [2.75, 3.05) is 0 Å². The Labute approximate surface area is 64.8 Å². The Morgan fingerprint density at radius 1 is 1.55 bits per heavy atom. The first-order valence-electron chi connectivity index (χ1n) is 3.27. The number of rotatable bonds is 1. The van der Waals surface area contributed by atoms with Gasteiger partial charge in [-0.15, -0.1) is 0 Å². The Balaban J connectivity index is 2.96. The Hall–Kier alpha value is -1.38. The smallest absolute Gasteiger partial charge is 0.318 e. The largest absolute Gasteiger partial charge is 0.480 e. The number of aliphatic carboxylic acids is 1. The summed E-state index contributed by atoms with van der Waals surface area (Å²) in [5.41, 5.74) is -0.955. The van der Waals surface area contributed by atoms with Crippen LogP contribution in [0.1, 0.15) is 6.92 Å². The van der Waals surface area contributed by atoms with Gasteiger partial charge in [0.25, 0.3) is 0 Å². The normalized spacial score (nSPS) is 28.5. The molecule has 0 saturated carbocycles. The van der Waals surface area contributed by atoms with E-state index in [0.717, 1.165) is 0 Å². The van der Waals surface area contributed by atoms with Gasteiger partial charge in [-0.2, -0.15) is 0 Å². The summed E-state index contributed by atoms with van der Waals surface area (Å²) in [7, 11) is 0. The van der Waals surface area contributed by atoms with Crippen molar-refractivity contribution in [3.8, 4) is 0 Å². The van der Waals surface area contributed by atoms with Crippen LogP contribution in [0.5, 0.6) is 0 Å². The minimum absolute atomic E-state index is 0.888. The van der Waals surface area contributed by atoms with Crippen molar-refractivity contribution < 1.29 is 9.90 Å². The third-order valence-electron chi connectivity index (χ3n) is 1.53. The van der Waals surface area contributed by atoms with Crippen LogP contribution in [0, 0.1) is 5.41 Å². The van der Waals surface area contributed by atoms with Crippen LogP contribution in [-0.2, 0) is 4.79 Å². The molecule has 11 heavy (non-hydrogen) atoms. The lowest BCUT2D eigenvalue weighted by Crippen LogP contribution is -2.26. The van der Waals surface area contributed by atoms with E-state index in [-0.39, 0.29) is 0 Å². The molecule has 3 heteroatoms. The van der Waals surface area contributed by atoms with E-state index >= 15 is 0 Å². The number of carboxylic acid groups (broad SMARTS) is 1. The quantitative estimate of drug-likeness (QED) is 0.612. The average molecular weight is 151 g/mol. The number of hydrogen-bond donors (Lipinski definition) is 1. The van der Waals surface area contributed by atoms with Crippen LogP contribution in [0.3, 0.4) is 0 Å². The molecule has 0 aromatic rings. The first kappa shape index (κ1) is 7.72. The maximum absolute atomic E-state index is 10.7. The van der Waals surface area contributed by atoms with Crippen LogP contribution in [-0.4, -0.2) is 17.3 Å². The number of hydrogen-bond acceptors (Lipinski definition) is 2. The lowest BCUT2D eigenvalue weighted by atomic mass is 9.92. The van der Waals surface area contributed by atoms with E-state index in [1.165, 1.54) is 6.21 Å². The summed E-state index contributed by atoms with van der Waals surface area (Å²) >= 11 is 0. The third-order valence-corrected chi connectivity index (χ3v) is 1.53. The van der Waals surface area contributed by atoms with Crippen LogP contribution in [0.15, 0.2) is 29.4 Å². The standard InChI is InChI=1S/C8H9NO2/c1-8(7(10)11)4-2-3-5-9-6-8/h2-6H,1H3,(H,10,11). The van der Waals surface area contributed by atoms with Gasteiger partial charge in [0.1, 0.15) is 5.41 Å². The van der Waals surface area contributed by atoms with E-state index in [1.54, 1.807) is 31.4 Å². The number of carbonyl (C=O) groups is 1. The fraction of sp³-hybridized carbons (Fsp3) is 0.250. The molecular weight excluding hydrogens is 142 g/mol. The van der Waals surface area contributed by atoms with Gasteiger partial charge >= 0.3 is 5.97 Å². The van der Waals surface area contributed by atoms with E-state index in [2.05, 4.69) is 4.99 Å². The van der Waals surface area contributed by atoms with Gasteiger partial charge in [-0.25, -0.2) is 0 Å². The van der Waals surface area contributed by atoms with Crippen molar-refractivity contribution in [3.63, 3.8) is 0 Å². The average Bonchev–Trinajstić information content (AvgIpc) is 2.15. The molecular formula is C8H9NO2. The van der Waals surface area contributed by atoms with Crippen molar-refractivity contribution in [2.24, 2.45) is 10.4 Å². The van der Waals surface area contributed by atoms with Crippen molar-refractivity contribution in [2.45, 2.75) is 6.92 Å². The molecule has 0 saturated heterocycles. The second-order valence-electron chi connectivity index (χ2n) is 2.57. The molecule has 1 aliphatic rings. The molecule has 0 spiro atoms. The Morgan fingerprint density at radius 2 is 2.27 bits per heavy atom. The van der Waals surface area contributed by atoms with Crippen molar-refractivity contribution in [1.82, 2.24) is 0 Å². The second kappa shape index (κ2) is 2.70. The first-order chi connectivity index (χ1) is 5.15. The molecule has 0 aromatic heterocycles. The molecule has 1 unspecified atom stereocenters. The SMILES string of the molecule is CC1(C(=O)O)C=CC=CN=C1. The van der Waals surface area contributed by atoms with Gasteiger partial charge in [-0.1, -0.05) is 12.2 Å². The van der Waals surface area contributed by atoms with Gasteiger partial charge in [-0.05, 0) is 13.0 Å². The highest BCUT2D eigenvalue weighted by atomic mass is 16.4. The lowest BCUT2D eigenvalue weighted by Gasteiger charge is -2.12. The molecule has 0 amide bonds. The number of carboxylic acids is 1. The zero-order chi connectivity index (χ0) is 8.32. The number of allylic oxidation sites excluding steroid dienone is 2. The Morgan fingerprint density at radius 3 is 2.91 bits per heavy atom. The van der Waals surface area contributed by atoms with Crippen LogP contribution in [0.4, 0.5) is 0 Å². The second-order valence-corrected chi connectivity index (χ2v) is 2.57. The minimum atomic E-state index is -0.955. The molecule has 1 rings (SSSR count). The zero-order valence-electron chi connectivity index (χ0n) is 6.19. The third kappa shape index (κ3) is 1.55. The van der Waals surface area contributed by atoms with E-state index < -0.39 is 11.4 Å². The molecule has 0 aromatic carbocycles. The van der Waals surface area contributed by atoms with Crippen LogP contribution < -0.4 is 0 Å². The van der Waals surface area contributed by atoms with Gasteiger partial charge in [0.15, 0.2) is 0 Å². The lowest BCUT2D eigenvalue weighted by molar-refractivity contribution is -0.141. The predicted molar refractivity (Wildman–Crippen MR) is 42.5 cm³/mol. The number of aliphatic imine (C=N–C) groups is 1. The van der Waals surface area contributed by atoms with Gasteiger partial charge < -0.3 is 5.11 Å². The summed E-state index contributed by atoms with van der Waals surface area (Å²) in [4.78, 5) is 14.5.